The Morgan fingerprint density at radius 1 is 1.27 bits per heavy atom. The molecule has 0 bridgehead atoms. The number of piperidine rings is 1. The molecule has 0 aliphatic carbocycles. The van der Waals surface area contributed by atoms with Crippen molar-refractivity contribution in [2.24, 2.45) is 11.8 Å². The molecular weight excluding hydrogens is 332 g/mol. The number of rotatable bonds is 6. The number of carbonyl (C=O) groups excluding carboxylic acids is 2. The monoisotopic (exact) mass is 360 g/mol. The van der Waals surface area contributed by atoms with Gasteiger partial charge >= 0.3 is 0 Å². The number of anilines is 1. The molecule has 2 aliphatic heterocycles. The Hall–Kier alpha value is -2.08. The summed E-state index contributed by atoms with van der Waals surface area (Å²) in [6, 6.07) is 7.38. The van der Waals surface area contributed by atoms with Crippen LogP contribution in [-0.4, -0.2) is 50.1 Å². The summed E-state index contributed by atoms with van der Waals surface area (Å²) in [7, 11) is 1.61. The van der Waals surface area contributed by atoms with Crippen LogP contribution in [0.2, 0.25) is 0 Å². The lowest BCUT2D eigenvalue weighted by atomic mass is 9.91. The maximum atomic E-state index is 12.4. The van der Waals surface area contributed by atoms with Crippen molar-refractivity contribution in [2.75, 3.05) is 38.7 Å². The Morgan fingerprint density at radius 3 is 2.77 bits per heavy atom. The van der Waals surface area contributed by atoms with Crippen molar-refractivity contribution in [2.45, 2.75) is 32.1 Å². The van der Waals surface area contributed by atoms with Crippen LogP contribution in [0.25, 0.3) is 0 Å². The second-order valence-electron chi connectivity index (χ2n) is 7.15. The van der Waals surface area contributed by atoms with Crippen LogP contribution in [0.1, 0.15) is 32.1 Å². The molecule has 1 N–H and O–H groups in total. The molecule has 1 aromatic rings. The van der Waals surface area contributed by atoms with E-state index in [1.165, 1.54) is 0 Å². The van der Waals surface area contributed by atoms with Gasteiger partial charge in [0.25, 0.3) is 0 Å². The SMILES string of the molecule is COc1cccc(NC(=O)CCC2CCN(C(=O)[C@@H]3CCOC3)CC2)c1. The summed E-state index contributed by atoms with van der Waals surface area (Å²) < 4.78 is 10.5. The van der Waals surface area contributed by atoms with Crippen molar-refractivity contribution in [3.63, 3.8) is 0 Å². The fraction of sp³-hybridized carbons (Fsp3) is 0.600. The molecule has 26 heavy (non-hydrogen) atoms. The van der Waals surface area contributed by atoms with Crippen LogP contribution in [0, 0.1) is 11.8 Å². The first-order chi connectivity index (χ1) is 12.7. The quantitative estimate of drug-likeness (QED) is 0.847. The Morgan fingerprint density at radius 2 is 2.08 bits per heavy atom. The fourth-order valence-corrected chi connectivity index (χ4v) is 3.69. The van der Waals surface area contributed by atoms with Gasteiger partial charge in [-0.1, -0.05) is 6.07 Å². The number of carbonyl (C=O) groups is 2. The number of ether oxygens (including phenoxy) is 2. The minimum absolute atomic E-state index is 0.0277. The molecular formula is C20H28N2O4. The van der Waals surface area contributed by atoms with E-state index in [2.05, 4.69) is 5.32 Å². The molecule has 1 aromatic carbocycles. The minimum atomic E-state index is 0.0277. The van der Waals surface area contributed by atoms with Crippen molar-refractivity contribution in [3.8, 4) is 5.75 Å². The lowest BCUT2D eigenvalue weighted by molar-refractivity contribution is -0.137. The molecule has 1 atom stereocenters. The van der Waals surface area contributed by atoms with Crippen LogP contribution < -0.4 is 10.1 Å². The molecule has 0 radical (unpaired) electrons. The number of likely N-dealkylation sites (tertiary alicyclic amines) is 1. The van der Waals surface area contributed by atoms with E-state index in [4.69, 9.17) is 9.47 Å². The van der Waals surface area contributed by atoms with Crippen LogP contribution in [0.4, 0.5) is 5.69 Å². The predicted molar refractivity (Wildman–Crippen MR) is 99.1 cm³/mol. The summed E-state index contributed by atoms with van der Waals surface area (Å²) in [5, 5.41) is 2.92. The maximum absolute atomic E-state index is 12.4. The Kier molecular flexibility index (Phi) is 6.50. The van der Waals surface area contributed by atoms with Crippen molar-refractivity contribution < 1.29 is 19.1 Å². The Bertz CT molecular complexity index is 620. The Balaban J connectivity index is 1.37. The van der Waals surface area contributed by atoms with Gasteiger partial charge in [0.2, 0.25) is 11.8 Å². The normalized spacial score (nSPS) is 20.8. The zero-order valence-electron chi connectivity index (χ0n) is 15.4. The maximum Gasteiger partial charge on any atom is 0.228 e. The highest BCUT2D eigenvalue weighted by Gasteiger charge is 2.30. The van der Waals surface area contributed by atoms with Gasteiger partial charge in [-0.15, -0.1) is 0 Å². The summed E-state index contributed by atoms with van der Waals surface area (Å²) in [5.74, 6) is 1.57. The zero-order chi connectivity index (χ0) is 18.4. The molecule has 6 nitrogen and oxygen atoms in total. The lowest BCUT2D eigenvalue weighted by Gasteiger charge is -2.33. The molecule has 0 saturated carbocycles. The minimum Gasteiger partial charge on any atom is -0.497 e. The van der Waals surface area contributed by atoms with E-state index in [1.807, 2.05) is 29.2 Å². The van der Waals surface area contributed by atoms with E-state index in [0.717, 1.165) is 50.2 Å². The number of nitrogens with one attached hydrogen (secondary N) is 1. The first kappa shape index (κ1) is 18.7. The third-order valence-corrected chi connectivity index (χ3v) is 5.34. The van der Waals surface area contributed by atoms with Crippen LogP contribution in [0.3, 0.4) is 0 Å². The van der Waals surface area contributed by atoms with E-state index in [0.29, 0.717) is 25.6 Å². The van der Waals surface area contributed by atoms with Gasteiger partial charge < -0.3 is 19.7 Å². The molecule has 2 aliphatic rings. The molecule has 6 heteroatoms. The van der Waals surface area contributed by atoms with E-state index in [1.54, 1.807) is 7.11 Å². The summed E-state index contributed by atoms with van der Waals surface area (Å²) in [4.78, 5) is 26.5. The summed E-state index contributed by atoms with van der Waals surface area (Å²) in [6.45, 7) is 2.88. The van der Waals surface area contributed by atoms with Crippen LogP contribution >= 0.6 is 0 Å². The topological polar surface area (TPSA) is 67.9 Å². The van der Waals surface area contributed by atoms with Gasteiger partial charge in [0.05, 0.1) is 19.6 Å². The number of amides is 2. The van der Waals surface area contributed by atoms with Crippen molar-refractivity contribution >= 4 is 17.5 Å². The smallest absolute Gasteiger partial charge is 0.228 e. The molecule has 3 rings (SSSR count). The van der Waals surface area contributed by atoms with Crippen molar-refractivity contribution in [1.29, 1.82) is 0 Å². The highest BCUT2D eigenvalue weighted by molar-refractivity contribution is 5.90. The third kappa shape index (κ3) is 4.97. The predicted octanol–water partition coefficient (Wildman–Crippen LogP) is 2.69. The van der Waals surface area contributed by atoms with Gasteiger partial charge in [-0.3, -0.25) is 9.59 Å². The highest BCUT2D eigenvalue weighted by Crippen LogP contribution is 2.25. The average molecular weight is 360 g/mol. The third-order valence-electron chi connectivity index (χ3n) is 5.34. The van der Waals surface area contributed by atoms with E-state index in [9.17, 15) is 9.59 Å². The number of nitrogens with zero attached hydrogens (tertiary/aromatic N) is 1. The molecule has 2 fully saturated rings. The largest absolute Gasteiger partial charge is 0.497 e. The van der Waals surface area contributed by atoms with Gasteiger partial charge in [0.1, 0.15) is 5.75 Å². The lowest BCUT2D eigenvalue weighted by Crippen LogP contribution is -2.42. The van der Waals surface area contributed by atoms with E-state index >= 15 is 0 Å². The van der Waals surface area contributed by atoms with Gasteiger partial charge in [-0.2, -0.15) is 0 Å². The summed E-state index contributed by atoms with van der Waals surface area (Å²) in [6.07, 6.45) is 4.18. The molecule has 142 valence electrons. The zero-order valence-corrected chi connectivity index (χ0v) is 15.4. The molecule has 0 aromatic heterocycles. The number of benzene rings is 1. The summed E-state index contributed by atoms with van der Waals surface area (Å²) >= 11 is 0. The van der Waals surface area contributed by atoms with Gasteiger partial charge in [0, 0.05) is 37.9 Å². The van der Waals surface area contributed by atoms with Crippen LogP contribution in [0.5, 0.6) is 5.75 Å². The van der Waals surface area contributed by atoms with Crippen molar-refractivity contribution in [1.82, 2.24) is 4.90 Å². The molecule has 0 spiro atoms. The molecule has 2 amide bonds. The van der Waals surface area contributed by atoms with Crippen molar-refractivity contribution in [3.05, 3.63) is 24.3 Å². The second kappa shape index (κ2) is 9.03. The first-order valence-corrected chi connectivity index (χ1v) is 9.46. The van der Waals surface area contributed by atoms with E-state index in [-0.39, 0.29) is 17.7 Å². The molecule has 2 saturated heterocycles. The standard InChI is InChI=1S/C20H28N2O4/c1-25-18-4-2-3-17(13-18)21-19(23)6-5-15-7-10-22(11-8-15)20(24)16-9-12-26-14-16/h2-4,13,15-16H,5-12,14H2,1H3,(H,21,23)/t16-/m1/s1. The fourth-order valence-electron chi connectivity index (χ4n) is 3.69. The second-order valence-corrected chi connectivity index (χ2v) is 7.15. The number of hydrogen-bond acceptors (Lipinski definition) is 4. The summed E-state index contributed by atoms with van der Waals surface area (Å²) in [5.41, 5.74) is 0.758. The molecule has 2 heterocycles. The van der Waals surface area contributed by atoms with Gasteiger partial charge in [-0.25, -0.2) is 0 Å². The molecule has 0 unspecified atom stereocenters. The average Bonchev–Trinajstić information content (AvgIpc) is 3.21. The highest BCUT2D eigenvalue weighted by atomic mass is 16.5. The first-order valence-electron chi connectivity index (χ1n) is 9.46. The van der Waals surface area contributed by atoms with Crippen LogP contribution in [0.15, 0.2) is 24.3 Å². The number of methoxy groups -OCH3 is 1. The van der Waals surface area contributed by atoms with Crippen LogP contribution in [-0.2, 0) is 14.3 Å². The number of hydrogen-bond donors (Lipinski definition) is 1. The Labute approximate surface area is 154 Å². The van der Waals surface area contributed by atoms with Gasteiger partial charge in [0.15, 0.2) is 0 Å². The van der Waals surface area contributed by atoms with E-state index < -0.39 is 0 Å². The van der Waals surface area contributed by atoms with Gasteiger partial charge in [-0.05, 0) is 43.7 Å².